The average molecular weight is 410 g/mol. The van der Waals surface area contributed by atoms with Crippen LogP contribution in [0.3, 0.4) is 0 Å². The van der Waals surface area contributed by atoms with E-state index in [4.69, 9.17) is 0 Å². The fourth-order valence-electron chi connectivity index (χ4n) is 1.69. The highest BCUT2D eigenvalue weighted by atomic mass is 127. The Bertz CT molecular complexity index is 656. The lowest BCUT2D eigenvalue weighted by Gasteiger charge is -2.09. The Balaban J connectivity index is 1.88. The molecule has 0 spiro atoms. The van der Waals surface area contributed by atoms with Gasteiger partial charge in [0.1, 0.15) is 0 Å². The monoisotopic (exact) mass is 410 g/mol. The van der Waals surface area contributed by atoms with Gasteiger partial charge in [-0.25, -0.2) is 4.79 Å². The van der Waals surface area contributed by atoms with Crippen LogP contribution in [0.5, 0.6) is 0 Å². The van der Waals surface area contributed by atoms with Crippen LogP contribution >= 0.6 is 22.6 Å². The number of carbonyl (C=O) groups is 2. The Labute approximate surface area is 141 Å². The summed E-state index contributed by atoms with van der Waals surface area (Å²) in [5.41, 5.74) is 8.42. The molecule has 22 heavy (non-hydrogen) atoms. The smallest absolute Gasteiger partial charge is 0.308 e. The van der Waals surface area contributed by atoms with Crippen LogP contribution in [0.2, 0.25) is 0 Å². The van der Waals surface area contributed by atoms with Crippen molar-refractivity contribution in [1.82, 2.24) is 5.43 Å². The lowest BCUT2D eigenvalue weighted by molar-refractivity contribution is 0.262. The molecular formula is C15H15IN4O2. The number of amides is 3. The normalized spacial score (nSPS) is 9.73. The Hall–Kier alpha value is -2.29. The third kappa shape index (κ3) is 5.24. The zero-order valence-corrected chi connectivity index (χ0v) is 14.0. The van der Waals surface area contributed by atoms with Gasteiger partial charge in [-0.1, -0.05) is 17.7 Å². The lowest BCUT2D eigenvalue weighted by Crippen LogP contribution is -2.23. The molecule has 0 fully saturated rings. The Kier molecular flexibility index (Phi) is 5.59. The summed E-state index contributed by atoms with van der Waals surface area (Å²) in [7, 11) is 0. The van der Waals surface area contributed by atoms with E-state index in [0.29, 0.717) is 5.69 Å². The van der Waals surface area contributed by atoms with Crippen LogP contribution in [0, 0.1) is 6.92 Å². The minimum Gasteiger partial charge on any atom is -0.308 e. The molecular weight excluding hydrogens is 395 g/mol. The van der Waals surface area contributed by atoms with Gasteiger partial charge in [-0.15, -0.1) is 0 Å². The van der Waals surface area contributed by atoms with E-state index in [9.17, 15) is 9.59 Å². The predicted molar refractivity (Wildman–Crippen MR) is 96.4 cm³/mol. The summed E-state index contributed by atoms with van der Waals surface area (Å²) >= 11 is 1.63. The molecule has 0 heterocycles. The summed E-state index contributed by atoms with van der Waals surface area (Å²) in [4.78, 5) is 22.6. The Morgan fingerprint density at radius 3 is 1.77 bits per heavy atom. The van der Waals surface area contributed by atoms with Crippen molar-refractivity contribution in [3.63, 3.8) is 0 Å². The molecule has 0 saturated carbocycles. The first-order valence-corrected chi connectivity index (χ1v) is 7.57. The molecule has 0 unspecified atom stereocenters. The topological polar surface area (TPSA) is 82.3 Å². The van der Waals surface area contributed by atoms with Crippen molar-refractivity contribution >= 4 is 49.6 Å². The van der Waals surface area contributed by atoms with Gasteiger partial charge < -0.3 is 10.6 Å². The van der Waals surface area contributed by atoms with E-state index in [1.165, 1.54) is 0 Å². The summed E-state index contributed by atoms with van der Waals surface area (Å²) in [6.07, 6.45) is 0. The number of aryl methyl sites for hydroxylation is 1. The summed E-state index contributed by atoms with van der Waals surface area (Å²) in [6.45, 7) is 1.99. The number of hydrazine groups is 1. The summed E-state index contributed by atoms with van der Waals surface area (Å²) in [6, 6.07) is 14.2. The van der Waals surface area contributed by atoms with Gasteiger partial charge in [0.05, 0.1) is 5.69 Å². The largest absolute Gasteiger partial charge is 0.323 e. The van der Waals surface area contributed by atoms with Gasteiger partial charge in [-0.2, -0.15) is 0 Å². The third-order valence-corrected chi connectivity index (χ3v) is 3.03. The SMILES string of the molecule is Cc1ccc(NC(=O)Nc2ccc(NNC(=O)I)cc2)cc1. The molecule has 3 amide bonds. The quantitative estimate of drug-likeness (QED) is 0.265. The van der Waals surface area contributed by atoms with Crippen molar-refractivity contribution in [2.24, 2.45) is 0 Å². The van der Waals surface area contributed by atoms with Gasteiger partial charge in [-0.05, 0) is 43.3 Å². The maximum atomic E-state index is 11.9. The van der Waals surface area contributed by atoms with Crippen molar-refractivity contribution in [3.05, 3.63) is 54.1 Å². The first kappa shape index (κ1) is 16.1. The van der Waals surface area contributed by atoms with Crippen LogP contribution in [-0.2, 0) is 0 Å². The molecule has 7 heteroatoms. The van der Waals surface area contributed by atoms with Crippen LogP contribution in [0.15, 0.2) is 48.5 Å². The molecule has 2 rings (SSSR count). The van der Waals surface area contributed by atoms with Gasteiger partial charge >= 0.3 is 6.03 Å². The molecule has 2 aromatic carbocycles. The number of urea groups is 1. The van der Waals surface area contributed by atoms with Crippen molar-refractivity contribution < 1.29 is 9.59 Å². The molecule has 0 aliphatic rings. The van der Waals surface area contributed by atoms with Crippen LogP contribution in [0.4, 0.5) is 26.7 Å². The highest BCUT2D eigenvalue weighted by Gasteiger charge is 2.02. The number of nitrogens with one attached hydrogen (secondary N) is 4. The van der Waals surface area contributed by atoms with Gasteiger partial charge in [0, 0.05) is 34.0 Å². The molecule has 0 bridgehead atoms. The molecule has 0 atom stereocenters. The number of anilines is 3. The number of hydrogen-bond donors (Lipinski definition) is 4. The van der Waals surface area contributed by atoms with Gasteiger partial charge in [-0.3, -0.25) is 15.6 Å². The highest BCUT2D eigenvalue weighted by molar-refractivity contribution is 14.1. The molecule has 0 aromatic heterocycles. The Morgan fingerprint density at radius 1 is 0.818 bits per heavy atom. The second-order valence-electron chi connectivity index (χ2n) is 4.55. The van der Waals surface area contributed by atoms with Crippen LogP contribution in [0.25, 0.3) is 0 Å². The van der Waals surface area contributed by atoms with Gasteiger partial charge in [0.15, 0.2) is 0 Å². The molecule has 0 aliphatic heterocycles. The standard InChI is InChI=1S/C15H15IN4O2/c1-10-2-4-11(5-3-10)17-15(22)18-12-6-8-13(9-7-12)19-20-14(16)21/h2-9,19H,1H3,(H,20,21)(H2,17,18,22). The number of carbonyl (C=O) groups excluding carboxylic acids is 2. The van der Waals surface area contributed by atoms with Crippen molar-refractivity contribution in [2.45, 2.75) is 6.92 Å². The van der Waals surface area contributed by atoms with Crippen molar-refractivity contribution in [3.8, 4) is 0 Å². The lowest BCUT2D eigenvalue weighted by atomic mass is 10.2. The molecule has 6 nitrogen and oxygen atoms in total. The highest BCUT2D eigenvalue weighted by Crippen LogP contribution is 2.14. The van der Waals surface area contributed by atoms with E-state index < -0.39 is 0 Å². The summed E-state index contributed by atoms with van der Waals surface area (Å²) < 4.78 is -0.211. The average Bonchev–Trinajstić information content (AvgIpc) is 2.49. The molecule has 4 N–H and O–H groups in total. The molecule has 2 aromatic rings. The van der Waals surface area contributed by atoms with Crippen molar-refractivity contribution in [2.75, 3.05) is 16.1 Å². The zero-order valence-electron chi connectivity index (χ0n) is 11.8. The first-order valence-electron chi connectivity index (χ1n) is 6.49. The number of benzene rings is 2. The summed E-state index contributed by atoms with van der Waals surface area (Å²) in [5.74, 6) is 0. The Morgan fingerprint density at radius 2 is 1.27 bits per heavy atom. The van der Waals surface area contributed by atoms with E-state index in [-0.39, 0.29) is 9.95 Å². The van der Waals surface area contributed by atoms with Gasteiger partial charge in [0.25, 0.3) is 3.91 Å². The zero-order chi connectivity index (χ0) is 15.9. The van der Waals surface area contributed by atoms with Crippen LogP contribution < -0.4 is 21.5 Å². The fourth-order valence-corrected chi connectivity index (χ4v) is 1.82. The van der Waals surface area contributed by atoms with E-state index in [1.54, 1.807) is 46.9 Å². The number of hydrogen-bond acceptors (Lipinski definition) is 3. The predicted octanol–water partition coefficient (Wildman–Crippen LogP) is 4.11. The van der Waals surface area contributed by atoms with E-state index in [0.717, 1.165) is 16.9 Å². The maximum Gasteiger partial charge on any atom is 0.323 e. The third-order valence-electron chi connectivity index (χ3n) is 2.76. The minimum absolute atomic E-state index is 0.211. The molecule has 0 aliphatic carbocycles. The van der Waals surface area contributed by atoms with Crippen molar-refractivity contribution in [1.29, 1.82) is 0 Å². The first-order chi connectivity index (χ1) is 10.5. The van der Waals surface area contributed by atoms with Crippen LogP contribution in [-0.4, -0.2) is 9.95 Å². The molecule has 0 saturated heterocycles. The second-order valence-corrected chi connectivity index (χ2v) is 5.53. The molecule has 114 valence electrons. The minimum atomic E-state index is -0.315. The fraction of sp³-hybridized carbons (Fsp3) is 0.0667. The summed E-state index contributed by atoms with van der Waals surface area (Å²) in [5, 5.41) is 5.48. The number of halogens is 1. The van der Waals surface area contributed by atoms with E-state index >= 15 is 0 Å². The number of rotatable bonds is 4. The van der Waals surface area contributed by atoms with Crippen LogP contribution in [0.1, 0.15) is 5.56 Å². The van der Waals surface area contributed by atoms with E-state index in [2.05, 4.69) is 21.5 Å². The van der Waals surface area contributed by atoms with Gasteiger partial charge in [0.2, 0.25) is 0 Å². The maximum absolute atomic E-state index is 11.9. The van der Waals surface area contributed by atoms with E-state index in [1.807, 2.05) is 31.2 Å². The molecule has 0 radical (unpaired) electrons. The second kappa shape index (κ2) is 7.64.